The molecule has 1 N–H and O–H groups in total. The second-order valence-electron chi connectivity index (χ2n) is 6.69. The highest BCUT2D eigenvalue weighted by Gasteiger charge is 2.48. The largest absolute Gasteiger partial charge is 0.493 e. The molecule has 1 fully saturated rings. The van der Waals surface area contributed by atoms with Gasteiger partial charge in [-0.2, -0.15) is 0 Å². The van der Waals surface area contributed by atoms with Crippen LogP contribution >= 0.6 is 11.8 Å². The number of hydrogen-bond donors (Lipinski definition) is 1. The van der Waals surface area contributed by atoms with E-state index >= 15 is 0 Å². The average Bonchev–Trinajstić information content (AvgIpc) is 3.16. The molecule has 1 saturated heterocycles. The Balaban J connectivity index is 2.37. The molecule has 0 aliphatic carbocycles. The van der Waals surface area contributed by atoms with Crippen LogP contribution in [0.3, 0.4) is 0 Å². The molecule has 0 aromatic heterocycles. The maximum absolute atomic E-state index is 12.5. The van der Waals surface area contributed by atoms with Crippen molar-refractivity contribution < 1.29 is 48.0 Å². The number of carbonyl (C=O) groups is 4. The SMILES string of the molecule is COC(=O)C(O)(CCN1C(=O)CSC1c1cc(OC)c(OC(C)=O)c(OC)c1)C(=O)OC. The average molecular weight is 471 g/mol. The molecule has 0 radical (unpaired) electrons. The minimum absolute atomic E-state index is 0.0953. The first kappa shape index (κ1) is 25.3. The molecule has 176 valence electrons. The first-order valence-electron chi connectivity index (χ1n) is 9.37. The van der Waals surface area contributed by atoms with Gasteiger partial charge in [0.15, 0.2) is 11.5 Å². The number of hydrogen-bond acceptors (Lipinski definition) is 11. The molecule has 0 spiro atoms. The van der Waals surface area contributed by atoms with E-state index < -0.39 is 35.3 Å². The second kappa shape index (κ2) is 10.6. The fourth-order valence-corrected chi connectivity index (χ4v) is 4.36. The summed E-state index contributed by atoms with van der Waals surface area (Å²) in [5.41, 5.74) is -1.97. The van der Waals surface area contributed by atoms with Gasteiger partial charge in [0.25, 0.3) is 5.60 Å². The number of nitrogens with zero attached hydrogens (tertiary/aromatic N) is 1. The number of methoxy groups -OCH3 is 4. The minimum atomic E-state index is -2.56. The monoisotopic (exact) mass is 471 g/mol. The number of rotatable bonds is 9. The van der Waals surface area contributed by atoms with Crippen molar-refractivity contribution in [2.75, 3.05) is 40.7 Å². The van der Waals surface area contributed by atoms with E-state index in [4.69, 9.17) is 14.2 Å². The third-order valence-corrected chi connectivity index (χ3v) is 6.00. The summed E-state index contributed by atoms with van der Waals surface area (Å²) in [6.45, 7) is 1.09. The van der Waals surface area contributed by atoms with Crippen molar-refractivity contribution in [2.24, 2.45) is 0 Å². The summed E-state index contributed by atoms with van der Waals surface area (Å²) in [5, 5.41) is 10.0. The molecule has 1 aliphatic rings. The van der Waals surface area contributed by atoms with Gasteiger partial charge in [-0.1, -0.05) is 0 Å². The quantitative estimate of drug-likeness (QED) is 0.309. The van der Waals surface area contributed by atoms with Gasteiger partial charge in [-0.3, -0.25) is 9.59 Å². The lowest BCUT2D eigenvalue weighted by Gasteiger charge is -2.29. The van der Waals surface area contributed by atoms with Crippen LogP contribution in [0.15, 0.2) is 12.1 Å². The summed E-state index contributed by atoms with van der Waals surface area (Å²) >= 11 is 1.29. The third kappa shape index (κ3) is 5.07. The lowest BCUT2D eigenvalue weighted by atomic mass is 9.99. The van der Waals surface area contributed by atoms with Crippen molar-refractivity contribution in [3.05, 3.63) is 17.7 Å². The van der Waals surface area contributed by atoms with E-state index in [9.17, 15) is 24.3 Å². The van der Waals surface area contributed by atoms with Crippen molar-refractivity contribution in [1.29, 1.82) is 0 Å². The molecule has 1 aromatic rings. The fraction of sp³-hybridized carbons (Fsp3) is 0.500. The lowest BCUT2D eigenvalue weighted by Crippen LogP contribution is -2.50. The van der Waals surface area contributed by atoms with Crippen molar-refractivity contribution in [1.82, 2.24) is 4.90 Å². The fourth-order valence-electron chi connectivity index (χ4n) is 3.17. The molecule has 11 nitrogen and oxygen atoms in total. The zero-order chi connectivity index (χ0) is 24.1. The predicted octanol–water partition coefficient (Wildman–Crippen LogP) is 0.670. The maximum Gasteiger partial charge on any atom is 0.349 e. The first-order valence-corrected chi connectivity index (χ1v) is 10.4. The van der Waals surface area contributed by atoms with Crippen LogP contribution in [-0.2, 0) is 28.7 Å². The predicted molar refractivity (Wildman–Crippen MR) is 111 cm³/mol. The summed E-state index contributed by atoms with van der Waals surface area (Å²) < 4.78 is 24.9. The van der Waals surface area contributed by atoms with Crippen molar-refractivity contribution in [3.63, 3.8) is 0 Å². The summed E-state index contributed by atoms with van der Waals surface area (Å²) in [6, 6.07) is 3.19. The van der Waals surface area contributed by atoms with Gasteiger partial charge in [0.2, 0.25) is 11.7 Å². The first-order chi connectivity index (χ1) is 15.1. The Morgan fingerprint density at radius 1 is 1.09 bits per heavy atom. The van der Waals surface area contributed by atoms with Gasteiger partial charge < -0.3 is 33.7 Å². The van der Waals surface area contributed by atoms with E-state index in [1.165, 1.54) is 37.8 Å². The highest BCUT2D eigenvalue weighted by molar-refractivity contribution is 8.00. The Hall–Kier alpha value is -2.99. The molecule has 1 aromatic carbocycles. The van der Waals surface area contributed by atoms with Gasteiger partial charge in [0.05, 0.1) is 34.2 Å². The Morgan fingerprint density at radius 2 is 1.62 bits per heavy atom. The number of esters is 3. The highest BCUT2D eigenvalue weighted by Crippen LogP contribution is 2.46. The van der Waals surface area contributed by atoms with E-state index in [1.54, 1.807) is 12.1 Å². The van der Waals surface area contributed by atoms with E-state index in [0.29, 0.717) is 5.56 Å². The zero-order valence-corrected chi connectivity index (χ0v) is 19.1. The molecule has 0 saturated carbocycles. The third-order valence-electron chi connectivity index (χ3n) is 4.74. The van der Waals surface area contributed by atoms with Gasteiger partial charge >= 0.3 is 17.9 Å². The van der Waals surface area contributed by atoms with E-state index in [0.717, 1.165) is 14.2 Å². The van der Waals surface area contributed by atoms with Crippen LogP contribution in [0.4, 0.5) is 0 Å². The molecule has 1 heterocycles. The van der Waals surface area contributed by atoms with Gasteiger partial charge in [-0.25, -0.2) is 9.59 Å². The number of benzene rings is 1. The Kier molecular flexibility index (Phi) is 8.33. The second-order valence-corrected chi connectivity index (χ2v) is 7.76. The Labute approximate surface area is 188 Å². The topological polar surface area (TPSA) is 138 Å². The molecule has 2 rings (SSSR count). The van der Waals surface area contributed by atoms with Gasteiger partial charge in [-0.05, 0) is 17.7 Å². The van der Waals surface area contributed by atoms with Crippen molar-refractivity contribution in [2.45, 2.75) is 24.3 Å². The number of ether oxygens (including phenoxy) is 5. The summed E-state index contributed by atoms with van der Waals surface area (Å²) in [5.74, 6) is -2.53. The van der Waals surface area contributed by atoms with Gasteiger partial charge in [-0.15, -0.1) is 11.8 Å². The smallest absolute Gasteiger partial charge is 0.349 e. The van der Waals surface area contributed by atoms with Crippen LogP contribution in [0.2, 0.25) is 0 Å². The molecule has 1 atom stereocenters. The number of aliphatic hydroxyl groups is 1. The van der Waals surface area contributed by atoms with Crippen LogP contribution in [0.25, 0.3) is 0 Å². The van der Waals surface area contributed by atoms with E-state index in [-0.39, 0.29) is 35.5 Å². The van der Waals surface area contributed by atoms with Crippen LogP contribution in [0, 0.1) is 0 Å². The zero-order valence-electron chi connectivity index (χ0n) is 18.3. The molecule has 1 amide bonds. The molecule has 12 heteroatoms. The van der Waals surface area contributed by atoms with Crippen LogP contribution in [0.1, 0.15) is 24.3 Å². The van der Waals surface area contributed by atoms with Crippen molar-refractivity contribution >= 4 is 35.6 Å². The van der Waals surface area contributed by atoms with E-state index in [1.807, 2.05) is 0 Å². The molecule has 1 aliphatic heterocycles. The number of carbonyl (C=O) groups excluding carboxylic acids is 4. The molecule has 0 bridgehead atoms. The maximum atomic E-state index is 12.5. The van der Waals surface area contributed by atoms with Crippen LogP contribution in [0.5, 0.6) is 17.2 Å². The van der Waals surface area contributed by atoms with Crippen molar-refractivity contribution in [3.8, 4) is 17.2 Å². The van der Waals surface area contributed by atoms with E-state index in [2.05, 4.69) is 9.47 Å². The Morgan fingerprint density at radius 3 is 2.06 bits per heavy atom. The highest BCUT2D eigenvalue weighted by atomic mass is 32.2. The molecular formula is C20H25NO10S. The molecular weight excluding hydrogens is 446 g/mol. The lowest BCUT2D eigenvalue weighted by molar-refractivity contribution is -0.181. The normalized spacial score (nSPS) is 15.9. The van der Waals surface area contributed by atoms with Crippen LogP contribution in [-0.4, -0.2) is 80.2 Å². The number of amides is 1. The van der Waals surface area contributed by atoms with Crippen LogP contribution < -0.4 is 14.2 Å². The molecule has 1 unspecified atom stereocenters. The number of thioether (sulfide) groups is 1. The molecule has 32 heavy (non-hydrogen) atoms. The minimum Gasteiger partial charge on any atom is -0.493 e. The van der Waals surface area contributed by atoms with Gasteiger partial charge in [0.1, 0.15) is 5.37 Å². The Bertz CT molecular complexity index is 861. The summed E-state index contributed by atoms with van der Waals surface area (Å²) in [7, 11) is 4.84. The summed E-state index contributed by atoms with van der Waals surface area (Å²) in [6.07, 6.45) is -0.436. The van der Waals surface area contributed by atoms with Gasteiger partial charge in [0, 0.05) is 19.9 Å². The standard InChI is InChI=1S/C20H25NO10S/c1-11(22)31-16-13(27-2)8-12(9-14(16)28-3)17-21(15(23)10-32-17)7-6-20(26,18(24)29-4)19(25)30-5/h8-9,17,26H,6-7,10H2,1-5H3. The summed E-state index contributed by atoms with van der Waals surface area (Å²) in [4.78, 5) is 49.4.